The van der Waals surface area contributed by atoms with E-state index in [1.807, 2.05) is 57.2 Å². The van der Waals surface area contributed by atoms with Crippen LogP contribution in [0.4, 0.5) is 5.82 Å². The van der Waals surface area contributed by atoms with Gasteiger partial charge in [0, 0.05) is 23.5 Å². The summed E-state index contributed by atoms with van der Waals surface area (Å²) in [6.45, 7) is 6.94. The number of carbonyl (C=O) groups is 1. The third kappa shape index (κ3) is 3.75. The maximum Gasteiger partial charge on any atom is 0.226 e. The van der Waals surface area contributed by atoms with Crippen molar-refractivity contribution in [2.75, 3.05) is 25.6 Å². The van der Waals surface area contributed by atoms with Crippen LogP contribution in [-0.4, -0.2) is 41.0 Å². The molecule has 1 atom stereocenters. The lowest BCUT2D eigenvalue weighted by atomic mass is 9.85. The summed E-state index contributed by atoms with van der Waals surface area (Å²) in [6, 6.07) is 11.6. The predicted octanol–water partition coefficient (Wildman–Crippen LogP) is 5.07. The van der Waals surface area contributed by atoms with Gasteiger partial charge in [-0.3, -0.25) is 4.79 Å². The average molecular weight is 479 g/mol. The molecule has 0 fully saturated rings. The van der Waals surface area contributed by atoms with Crippen LogP contribution in [0.2, 0.25) is 0 Å². The van der Waals surface area contributed by atoms with Crippen LogP contribution in [0.25, 0.3) is 15.3 Å². The quantitative estimate of drug-likeness (QED) is 0.399. The van der Waals surface area contributed by atoms with Crippen LogP contribution in [0.15, 0.2) is 36.4 Å². The fourth-order valence-corrected chi connectivity index (χ4v) is 5.41. The topological polar surface area (TPSA) is 87.5 Å². The number of thiazole rings is 1. The Morgan fingerprint density at radius 1 is 1.18 bits per heavy atom. The third-order valence-electron chi connectivity index (χ3n) is 5.84. The predicted molar refractivity (Wildman–Crippen MR) is 132 cm³/mol. The third-order valence-corrected chi connectivity index (χ3v) is 6.83. The molecule has 0 unspecified atom stereocenters. The normalized spacial score (nSPS) is 15.2. The highest BCUT2D eigenvalue weighted by Crippen LogP contribution is 2.46. The number of methoxy groups -OCH3 is 1. The van der Waals surface area contributed by atoms with Gasteiger partial charge in [-0.25, -0.2) is 4.98 Å². The smallest absolute Gasteiger partial charge is 0.226 e. The summed E-state index contributed by atoms with van der Waals surface area (Å²) < 4.78 is 19.9. The molecule has 8 nitrogen and oxygen atoms in total. The molecule has 176 valence electrons. The van der Waals surface area contributed by atoms with Crippen LogP contribution in [0, 0.1) is 6.92 Å². The number of hydrogen-bond donors (Lipinski definition) is 1. The van der Waals surface area contributed by atoms with Crippen molar-refractivity contribution < 1.29 is 19.0 Å². The molecule has 5 rings (SSSR count). The molecule has 1 N–H and O–H groups in total. The second-order valence-electron chi connectivity index (χ2n) is 7.94. The van der Waals surface area contributed by atoms with E-state index in [0.29, 0.717) is 42.1 Å². The van der Waals surface area contributed by atoms with Gasteiger partial charge in [0.1, 0.15) is 11.6 Å². The minimum Gasteiger partial charge on any atom is -0.494 e. The molecule has 0 radical (unpaired) electrons. The van der Waals surface area contributed by atoms with Crippen LogP contribution < -0.4 is 19.5 Å². The zero-order chi connectivity index (χ0) is 23.8. The summed E-state index contributed by atoms with van der Waals surface area (Å²) in [5, 5.41) is 8.51. The number of aromatic nitrogens is 3. The van der Waals surface area contributed by atoms with Crippen molar-refractivity contribution in [1.82, 2.24) is 14.8 Å². The van der Waals surface area contributed by atoms with E-state index < -0.39 is 0 Å². The molecule has 3 heterocycles. The minimum absolute atomic E-state index is 0.0799. The fraction of sp³-hybridized carbons (Fsp3) is 0.320. The first kappa shape index (κ1) is 22.2. The van der Waals surface area contributed by atoms with Gasteiger partial charge >= 0.3 is 0 Å². The molecule has 1 amide bonds. The zero-order valence-corrected chi connectivity index (χ0v) is 20.4. The minimum atomic E-state index is -0.215. The van der Waals surface area contributed by atoms with Gasteiger partial charge in [-0.05, 0) is 45.0 Å². The van der Waals surface area contributed by atoms with Crippen LogP contribution in [-0.2, 0) is 4.79 Å². The van der Waals surface area contributed by atoms with Crippen LogP contribution in [0.3, 0.4) is 0 Å². The molecule has 0 aliphatic carbocycles. The molecule has 0 saturated heterocycles. The van der Waals surface area contributed by atoms with E-state index in [4.69, 9.17) is 24.3 Å². The first-order valence-corrected chi connectivity index (χ1v) is 12.1. The Bertz CT molecular complexity index is 1380. The van der Waals surface area contributed by atoms with Gasteiger partial charge in [0.15, 0.2) is 11.5 Å². The number of carbonyl (C=O) groups excluding carboxylic acids is 1. The molecule has 1 aliphatic rings. The number of aryl methyl sites for hydroxylation is 1. The van der Waals surface area contributed by atoms with Gasteiger partial charge in [0.2, 0.25) is 11.0 Å². The highest BCUT2D eigenvalue weighted by molar-refractivity contribution is 7.20. The number of rotatable bonds is 7. The van der Waals surface area contributed by atoms with Crippen LogP contribution in [0.1, 0.15) is 43.0 Å². The van der Waals surface area contributed by atoms with E-state index in [-0.39, 0.29) is 11.8 Å². The van der Waals surface area contributed by atoms with Gasteiger partial charge in [-0.1, -0.05) is 23.5 Å². The first-order chi connectivity index (χ1) is 16.5. The van der Waals surface area contributed by atoms with Crippen molar-refractivity contribution in [3.63, 3.8) is 0 Å². The van der Waals surface area contributed by atoms with Crippen molar-refractivity contribution in [1.29, 1.82) is 0 Å². The number of ether oxygens (including phenoxy) is 3. The molecule has 2 aromatic heterocycles. The van der Waals surface area contributed by atoms with E-state index >= 15 is 0 Å². The van der Waals surface area contributed by atoms with E-state index in [1.54, 1.807) is 11.8 Å². The molecule has 34 heavy (non-hydrogen) atoms. The summed E-state index contributed by atoms with van der Waals surface area (Å²) in [5.41, 5.74) is 3.56. The molecule has 1 aliphatic heterocycles. The summed E-state index contributed by atoms with van der Waals surface area (Å²) in [6.07, 6.45) is 0.296. The maximum atomic E-state index is 12.9. The molecular formula is C25H26N4O4S. The number of anilines is 1. The monoisotopic (exact) mass is 478 g/mol. The summed E-state index contributed by atoms with van der Waals surface area (Å²) in [5.74, 6) is 2.46. The van der Waals surface area contributed by atoms with E-state index in [9.17, 15) is 4.79 Å². The SMILES string of the molecule is CCOc1ccc2nc(-n3nc(C)c4c3NC(=O)C[C@@H]4c3cccc(OC)c3OCC)sc2c1. The Hall–Kier alpha value is -3.59. The molecule has 0 bridgehead atoms. The highest BCUT2D eigenvalue weighted by Gasteiger charge is 2.35. The molecule has 2 aromatic carbocycles. The molecule has 9 heteroatoms. The largest absolute Gasteiger partial charge is 0.494 e. The van der Waals surface area contributed by atoms with Gasteiger partial charge in [-0.2, -0.15) is 9.78 Å². The van der Waals surface area contributed by atoms with Gasteiger partial charge in [0.25, 0.3) is 0 Å². The highest BCUT2D eigenvalue weighted by atomic mass is 32.1. The van der Waals surface area contributed by atoms with Crippen LogP contribution >= 0.6 is 11.3 Å². The number of amides is 1. The van der Waals surface area contributed by atoms with Crippen LogP contribution in [0.5, 0.6) is 17.2 Å². The van der Waals surface area contributed by atoms with Gasteiger partial charge in [0.05, 0.1) is 36.2 Å². The summed E-state index contributed by atoms with van der Waals surface area (Å²) in [7, 11) is 1.62. The van der Waals surface area contributed by atoms with Crippen molar-refractivity contribution in [3.8, 4) is 22.4 Å². The Balaban J connectivity index is 1.63. The molecule has 0 saturated carbocycles. The number of nitrogens with one attached hydrogen (secondary N) is 1. The van der Waals surface area contributed by atoms with E-state index in [2.05, 4.69) is 5.32 Å². The maximum absolute atomic E-state index is 12.9. The zero-order valence-electron chi connectivity index (χ0n) is 19.5. The number of para-hydroxylation sites is 1. The Labute approximate surface area is 201 Å². The Morgan fingerprint density at radius 3 is 2.76 bits per heavy atom. The second kappa shape index (κ2) is 8.98. The Kier molecular flexibility index (Phi) is 5.87. The standard InChI is InChI=1S/C25H26N4O4S/c1-5-32-15-10-11-18-20(12-15)34-25(26-18)29-24-22(14(3)28-29)17(13-21(30)27-24)16-8-7-9-19(31-4)23(16)33-6-2/h7-12,17H,5-6,13H2,1-4H3,(H,27,30)/t17-/m1/s1. The van der Waals surface area contributed by atoms with Crippen molar-refractivity contribution >= 4 is 33.3 Å². The number of benzene rings is 2. The number of fused-ring (bicyclic) bond motifs is 2. The Morgan fingerprint density at radius 2 is 2.00 bits per heavy atom. The van der Waals surface area contributed by atoms with Gasteiger partial charge < -0.3 is 19.5 Å². The fourth-order valence-electron chi connectivity index (χ4n) is 4.46. The molecular weight excluding hydrogens is 452 g/mol. The summed E-state index contributed by atoms with van der Waals surface area (Å²) >= 11 is 1.51. The van der Waals surface area contributed by atoms with Crippen molar-refractivity contribution in [2.24, 2.45) is 0 Å². The lowest BCUT2D eigenvalue weighted by Crippen LogP contribution is -2.25. The van der Waals surface area contributed by atoms with Crippen molar-refractivity contribution in [3.05, 3.63) is 53.2 Å². The lowest BCUT2D eigenvalue weighted by molar-refractivity contribution is -0.116. The lowest BCUT2D eigenvalue weighted by Gasteiger charge is -2.26. The van der Waals surface area contributed by atoms with Gasteiger partial charge in [-0.15, -0.1) is 0 Å². The van der Waals surface area contributed by atoms with E-state index in [1.165, 1.54) is 11.3 Å². The second-order valence-corrected chi connectivity index (χ2v) is 8.94. The average Bonchev–Trinajstić information content (AvgIpc) is 3.39. The molecule has 4 aromatic rings. The molecule has 0 spiro atoms. The number of nitrogens with zero attached hydrogens (tertiary/aromatic N) is 3. The number of hydrogen-bond acceptors (Lipinski definition) is 7. The van der Waals surface area contributed by atoms with E-state index in [0.717, 1.165) is 32.8 Å². The first-order valence-electron chi connectivity index (χ1n) is 11.3. The summed E-state index contributed by atoms with van der Waals surface area (Å²) in [4.78, 5) is 17.6. The van der Waals surface area contributed by atoms with Crippen molar-refractivity contribution in [2.45, 2.75) is 33.1 Å².